The molecule has 1 amide bonds. The first kappa shape index (κ1) is 24.2. The number of rotatable bonds is 5. The van der Waals surface area contributed by atoms with E-state index in [1.54, 1.807) is 19.9 Å². The highest BCUT2D eigenvalue weighted by molar-refractivity contribution is 9.11. The number of carboxylic acid groups (broad SMARTS) is 1. The molecule has 1 aliphatic rings. The number of phenolic OH excluding ortho intramolecular Hbond substituents is 1. The summed E-state index contributed by atoms with van der Waals surface area (Å²) in [5.41, 5.74) is 2.75. The summed E-state index contributed by atoms with van der Waals surface area (Å²) in [6, 6.07) is 7.44. The van der Waals surface area contributed by atoms with Crippen LogP contribution in [0.4, 0.5) is 5.69 Å². The van der Waals surface area contributed by atoms with E-state index in [1.165, 1.54) is 30.3 Å². The molecule has 0 fully saturated rings. The van der Waals surface area contributed by atoms with Crippen LogP contribution in [-0.2, 0) is 20.4 Å². The van der Waals surface area contributed by atoms with Crippen molar-refractivity contribution in [3.8, 4) is 5.75 Å². The molecule has 34 heavy (non-hydrogen) atoms. The molecule has 176 valence electrons. The lowest BCUT2D eigenvalue weighted by Crippen LogP contribution is -2.06. The Morgan fingerprint density at radius 1 is 1.15 bits per heavy atom. The minimum Gasteiger partial charge on any atom is -0.506 e. The summed E-state index contributed by atoms with van der Waals surface area (Å²) in [6.45, 7) is 3.26. The standard InChI is InChI=1S/C23H18Br2N2O6S/c1-10-19(26-11(2)20(10)23(30)31)8-16-15-7-14(3-4-18(15)27-22(16)29)34(32,33)9-12-5-13(24)6-17(25)21(12)28/h3-8,26,28H,9H2,1-2H3,(H,27,29)(H,30,31)/b16-8-. The van der Waals surface area contributed by atoms with Gasteiger partial charge in [0.05, 0.1) is 26.3 Å². The second-order valence-electron chi connectivity index (χ2n) is 7.84. The molecule has 2 heterocycles. The summed E-state index contributed by atoms with van der Waals surface area (Å²) in [5, 5.41) is 22.4. The molecule has 0 unspecified atom stereocenters. The van der Waals surface area contributed by atoms with Gasteiger partial charge in [0, 0.05) is 32.7 Å². The van der Waals surface area contributed by atoms with Crippen molar-refractivity contribution in [1.29, 1.82) is 0 Å². The smallest absolute Gasteiger partial charge is 0.337 e. The average Bonchev–Trinajstić information content (AvgIpc) is 3.20. The van der Waals surface area contributed by atoms with Crippen molar-refractivity contribution in [2.75, 3.05) is 5.32 Å². The fourth-order valence-electron chi connectivity index (χ4n) is 3.90. The van der Waals surface area contributed by atoms with E-state index in [2.05, 4.69) is 42.2 Å². The predicted molar refractivity (Wildman–Crippen MR) is 135 cm³/mol. The van der Waals surface area contributed by atoms with Gasteiger partial charge in [-0.15, -0.1) is 0 Å². The maximum absolute atomic E-state index is 13.2. The lowest BCUT2D eigenvalue weighted by atomic mass is 10.0. The van der Waals surface area contributed by atoms with Gasteiger partial charge in [0.25, 0.3) is 5.91 Å². The molecule has 2 aromatic carbocycles. The van der Waals surface area contributed by atoms with E-state index in [-0.39, 0.29) is 27.3 Å². The highest BCUT2D eigenvalue weighted by Gasteiger charge is 2.28. The van der Waals surface area contributed by atoms with E-state index in [4.69, 9.17) is 0 Å². The highest BCUT2D eigenvalue weighted by Crippen LogP contribution is 2.38. The average molecular weight is 610 g/mol. The Morgan fingerprint density at radius 3 is 2.50 bits per heavy atom. The topological polar surface area (TPSA) is 137 Å². The molecule has 0 saturated heterocycles. The van der Waals surface area contributed by atoms with Crippen molar-refractivity contribution < 1.29 is 28.2 Å². The Bertz CT molecular complexity index is 1520. The monoisotopic (exact) mass is 608 g/mol. The van der Waals surface area contributed by atoms with E-state index in [1.807, 2.05) is 0 Å². The Hall–Kier alpha value is -2.89. The number of carboxylic acids is 1. The van der Waals surface area contributed by atoms with Gasteiger partial charge in [-0.25, -0.2) is 13.2 Å². The number of nitrogens with one attached hydrogen (secondary N) is 2. The van der Waals surface area contributed by atoms with Crippen molar-refractivity contribution >= 4 is 70.9 Å². The highest BCUT2D eigenvalue weighted by atomic mass is 79.9. The van der Waals surface area contributed by atoms with Crippen LogP contribution in [0.1, 0.15) is 38.4 Å². The van der Waals surface area contributed by atoms with Gasteiger partial charge in [0.1, 0.15) is 5.75 Å². The van der Waals surface area contributed by atoms with Crippen LogP contribution < -0.4 is 5.32 Å². The molecule has 0 saturated carbocycles. The quantitative estimate of drug-likeness (QED) is 0.300. The summed E-state index contributed by atoms with van der Waals surface area (Å²) in [4.78, 5) is 27.1. The van der Waals surface area contributed by atoms with Crippen LogP contribution >= 0.6 is 31.9 Å². The number of aryl methyl sites for hydroxylation is 1. The molecule has 4 rings (SSSR count). The van der Waals surface area contributed by atoms with Crippen LogP contribution in [0.15, 0.2) is 44.2 Å². The zero-order valence-electron chi connectivity index (χ0n) is 17.9. The van der Waals surface area contributed by atoms with Crippen LogP contribution in [0.25, 0.3) is 11.6 Å². The zero-order chi connectivity index (χ0) is 24.9. The number of aromatic carboxylic acids is 1. The van der Waals surface area contributed by atoms with Crippen molar-refractivity contribution in [2.45, 2.75) is 24.5 Å². The van der Waals surface area contributed by atoms with Gasteiger partial charge in [-0.05, 0) is 71.7 Å². The fraction of sp³-hybridized carbons (Fsp3) is 0.130. The van der Waals surface area contributed by atoms with E-state index in [9.17, 15) is 28.2 Å². The number of H-pyrrole nitrogens is 1. The Balaban J connectivity index is 1.77. The molecular weight excluding hydrogens is 592 g/mol. The van der Waals surface area contributed by atoms with E-state index in [0.717, 1.165) is 0 Å². The third-order valence-electron chi connectivity index (χ3n) is 5.56. The zero-order valence-corrected chi connectivity index (χ0v) is 21.9. The Labute approximate surface area is 211 Å². The Kier molecular flexibility index (Phi) is 6.21. The van der Waals surface area contributed by atoms with Crippen LogP contribution in [0.2, 0.25) is 0 Å². The molecule has 0 radical (unpaired) electrons. The van der Waals surface area contributed by atoms with Gasteiger partial charge in [0.15, 0.2) is 9.84 Å². The number of aromatic hydroxyl groups is 1. The molecule has 1 aliphatic heterocycles. The fourth-order valence-corrected chi connectivity index (χ4v) is 6.59. The molecule has 11 heteroatoms. The van der Waals surface area contributed by atoms with Gasteiger partial charge in [-0.2, -0.15) is 0 Å². The van der Waals surface area contributed by atoms with Crippen LogP contribution in [0.5, 0.6) is 5.75 Å². The SMILES string of the molecule is Cc1[nH]c(/C=C2\C(=O)Nc3ccc(S(=O)(=O)Cc4cc(Br)cc(Br)c4O)cc32)c(C)c1C(=O)O. The molecular formula is C23H18Br2N2O6S. The van der Waals surface area contributed by atoms with Crippen molar-refractivity contribution in [2.24, 2.45) is 0 Å². The molecule has 0 atom stereocenters. The van der Waals surface area contributed by atoms with E-state index in [0.29, 0.717) is 37.1 Å². The number of aromatic nitrogens is 1. The molecule has 8 nitrogen and oxygen atoms in total. The van der Waals surface area contributed by atoms with E-state index < -0.39 is 27.5 Å². The molecule has 3 aromatic rings. The Morgan fingerprint density at radius 2 is 1.85 bits per heavy atom. The van der Waals surface area contributed by atoms with Gasteiger partial charge in [-0.3, -0.25) is 4.79 Å². The molecule has 0 aliphatic carbocycles. The van der Waals surface area contributed by atoms with Gasteiger partial charge < -0.3 is 20.5 Å². The van der Waals surface area contributed by atoms with Crippen LogP contribution in [-0.4, -0.2) is 35.5 Å². The number of benzene rings is 2. The number of phenols is 1. The van der Waals surface area contributed by atoms with Crippen molar-refractivity contribution in [1.82, 2.24) is 4.98 Å². The first-order chi connectivity index (χ1) is 15.9. The third kappa shape index (κ3) is 4.30. The molecule has 0 bridgehead atoms. The van der Waals surface area contributed by atoms with Gasteiger partial charge in [-0.1, -0.05) is 15.9 Å². The number of carbonyl (C=O) groups excluding carboxylic acids is 1. The number of fused-ring (bicyclic) bond motifs is 1. The lowest BCUT2D eigenvalue weighted by molar-refractivity contribution is -0.110. The number of anilines is 1. The second-order valence-corrected chi connectivity index (χ2v) is 11.6. The number of carbonyl (C=O) groups is 2. The summed E-state index contributed by atoms with van der Waals surface area (Å²) in [5.74, 6) is -2.13. The third-order valence-corrected chi connectivity index (χ3v) is 8.29. The van der Waals surface area contributed by atoms with Gasteiger partial charge in [0.2, 0.25) is 0 Å². The maximum atomic E-state index is 13.2. The summed E-state index contributed by atoms with van der Waals surface area (Å²) in [6.07, 6.45) is 1.52. The van der Waals surface area contributed by atoms with E-state index >= 15 is 0 Å². The number of aromatic amines is 1. The summed E-state index contributed by atoms with van der Waals surface area (Å²) < 4.78 is 27.3. The lowest BCUT2D eigenvalue weighted by Gasteiger charge is -2.10. The number of amides is 1. The first-order valence-corrected chi connectivity index (χ1v) is 13.1. The summed E-state index contributed by atoms with van der Waals surface area (Å²) >= 11 is 6.49. The minimum atomic E-state index is -3.88. The number of hydrogen-bond acceptors (Lipinski definition) is 5. The predicted octanol–water partition coefficient (Wildman–Crippen LogP) is 5.03. The maximum Gasteiger partial charge on any atom is 0.337 e. The second kappa shape index (κ2) is 8.71. The minimum absolute atomic E-state index is 0.0187. The molecule has 1 aromatic heterocycles. The largest absolute Gasteiger partial charge is 0.506 e. The number of hydrogen-bond donors (Lipinski definition) is 4. The molecule has 0 spiro atoms. The van der Waals surface area contributed by atoms with Gasteiger partial charge >= 0.3 is 5.97 Å². The summed E-state index contributed by atoms with van der Waals surface area (Å²) in [7, 11) is -3.88. The first-order valence-electron chi connectivity index (χ1n) is 9.88. The molecule has 4 N–H and O–H groups in total. The normalized spacial score (nSPS) is 14.4. The number of sulfone groups is 1. The van der Waals surface area contributed by atoms with Crippen molar-refractivity contribution in [3.63, 3.8) is 0 Å². The van der Waals surface area contributed by atoms with Crippen LogP contribution in [0, 0.1) is 13.8 Å². The van der Waals surface area contributed by atoms with Crippen molar-refractivity contribution in [3.05, 3.63) is 72.9 Å². The number of halogens is 2. The van der Waals surface area contributed by atoms with Crippen LogP contribution in [0.3, 0.4) is 0 Å².